The van der Waals surface area contributed by atoms with Crippen LogP contribution in [0.2, 0.25) is 0 Å². The standard InChI is InChI=1S/C23H17F3N4O2S/c1-32-21(31)17-5-2-4-15(12-17)14-33-22-29-28-20(16-8-10-27-11-9-16)30(22)19-7-3-6-18(13-19)23(24,25)26/h2-13H,14H2,1H3. The fourth-order valence-electron chi connectivity index (χ4n) is 3.16. The van der Waals surface area contributed by atoms with Crippen molar-refractivity contribution in [3.8, 4) is 17.1 Å². The van der Waals surface area contributed by atoms with Gasteiger partial charge in [-0.2, -0.15) is 13.2 Å². The number of hydrogen-bond donors (Lipinski definition) is 0. The molecule has 0 spiro atoms. The molecule has 0 saturated heterocycles. The first-order valence-electron chi connectivity index (χ1n) is 9.70. The number of aromatic nitrogens is 4. The lowest BCUT2D eigenvalue weighted by molar-refractivity contribution is -0.137. The summed E-state index contributed by atoms with van der Waals surface area (Å²) in [6, 6.07) is 15.4. The minimum atomic E-state index is -4.48. The van der Waals surface area contributed by atoms with Gasteiger partial charge in [-0.25, -0.2) is 4.79 Å². The van der Waals surface area contributed by atoms with Crippen LogP contribution in [0, 0.1) is 0 Å². The van der Waals surface area contributed by atoms with Gasteiger partial charge in [0.25, 0.3) is 0 Å². The van der Waals surface area contributed by atoms with E-state index in [4.69, 9.17) is 4.74 Å². The molecule has 0 N–H and O–H groups in total. The Balaban J connectivity index is 1.73. The summed E-state index contributed by atoms with van der Waals surface area (Å²) in [6.07, 6.45) is -1.33. The molecule has 0 bridgehead atoms. The van der Waals surface area contributed by atoms with Gasteiger partial charge in [0.05, 0.1) is 23.9 Å². The van der Waals surface area contributed by atoms with Gasteiger partial charge in [0.15, 0.2) is 11.0 Å². The lowest BCUT2D eigenvalue weighted by Crippen LogP contribution is -2.07. The van der Waals surface area contributed by atoms with E-state index < -0.39 is 17.7 Å². The number of alkyl halides is 3. The molecule has 0 amide bonds. The number of carbonyl (C=O) groups is 1. The maximum Gasteiger partial charge on any atom is 0.416 e. The van der Waals surface area contributed by atoms with Crippen LogP contribution < -0.4 is 0 Å². The van der Waals surface area contributed by atoms with Crippen LogP contribution in [0.4, 0.5) is 13.2 Å². The Bertz CT molecular complexity index is 1280. The number of hydrogen-bond acceptors (Lipinski definition) is 6. The van der Waals surface area contributed by atoms with Gasteiger partial charge in [-0.1, -0.05) is 30.0 Å². The second-order valence-electron chi connectivity index (χ2n) is 6.91. The molecule has 2 aromatic heterocycles. The Labute approximate surface area is 191 Å². The third-order valence-electron chi connectivity index (χ3n) is 4.72. The van der Waals surface area contributed by atoms with Gasteiger partial charge in [-0.3, -0.25) is 9.55 Å². The molecule has 168 valence electrons. The number of methoxy groups -OCH3 is 1. The Morgan fingerprint density at radius 3 is 2.52 bits per heavy atom. The predicted molar refractivity (Wildman–Crippen MR) is 117 cm³/mol. The number of carbonyl (C=O) groups excluding carboxylic acids is 1. The summed E-state index contributed by atoms with van der Waals surface area (Å²) in [7, 11) is 1.31. The third kappa shape index (κ3) is 5.06. The Hall–Kier alpha value is -3.66. The molecule has 0 fully saturated rings. The van der Waals surface area contributed by atoms with Crippen LogP contribution in [-0.2, 0) is 16.7 Å². The summed E-state index contributed by atoms with van der Waals surface area (Å²) in [5.74, 6) is 0.356. The van der Waals surface area contributed by atoms with E-state index in [-0.39, 0.29) is 5.69 Å². The lowest BCUT2D eigenvalue weighted by atomic mass is 10.1. The summed E-state index contributed by atoms with van der Waals surface area (Å²) < 4.78 is 46.4. The van der Waals surface area contributed by atoms with E-state index >= 15 is 0 Å². The topological polar surface area (TPSA) is 69.9 Å². The molecule has 0 aliphatic heterocycles. The zero-order chi connectivity index (χ0) is 23.4. The van der Waals surface area contributed by atoms with Gasteiger partial charge < -0.3 is 4.74 Å². The normalized spacial score (nSPS) is 11.4. The molecule has 0 aliphatic carbocycles. The summed E-state index contributed by atoms with van der Waals surface area (Å²) in [4.78, 5) is 15.8. The molecule has 0 radical (unpaired) electrons. The highest BCUT2D eigenvalue weighted by Gasteiger charge is 2.31. The van der Waals surface area contributed by atoms with Crippen molar-refractivity contribution in [2.24, 2.45) is 0 Å². The van der Waals surface area contributed by atoms with Crippen LogP contribution in [-0.4, -0.2) is 32.8 Å². The number of pyridine rings is 1. The predicted octanol–water partition coefficient (Wildman–Crippen LogP) is 5.43. The van der Waals surface area contributed by atoms with Gasteiger partial charge in [0.1, 0.15) is 0 Å². The summed E-state index contributed by atoms with van der Waals surface area (Å²) >= 11 is 1.29. The van der Waals surface area contributed by atoms with E-state index in [1.165, 1.54) is 24.9 Å². The van der Waals surface area contributed by atoms with Crippen LogP contribution >= 0.6 is 11.8 Å². The minimum absolute atomic E-state index is 0.285. The highest BCUT2D eigenvalue weighted by atomic mass is 32.2. The Kier molecular flexibility index (Phi) is 6.45. The zero-order valence-corrected chi connectivity index (χ0v) is 18.1. The SMILES string of the molecule is COC(=O)c1cccc(CSc2nnc(-c3ccncc3)n2-c2cccc(C(F)(F)F)c2)c1. The number of esters is 1. The lowest BCUT2D eigenvalue weighted by Gasteiger charge is -2.13. The van der Waals surface area contributed by atoms with E-state index in [1.54, 1.807) is 53.4 Å². The van der Waals surface area contributed by atoms with Gasteiger partial charge >= 0.3 is 12.1 Å². The van der Waals surface area contributed by atoms with Crippen molar-refractivity contribution < 1.29 is 22.7 Å². The van der Waals surface area contributed by atoms with Gasteiger partial charge in [-0.15, -0.1) is 10.2 Å². The smallest absolute Gasteiger partial charge is 0.416 e. The molecule has 0 saturated carbocycles. The Morgan fingerprint density at radius 1 is 1.03 bits per heavy atom. The molecule has 0 atom stereocenters. The van der Waals surface area contributed by atoms with E-state index in [9.17, 15) is 18.0 Å². The van der Waals surface area contributed by atoms with E-state index in [1.807, 2.05) is 6.07 Å². The van der Waals surface area contributed by atoms with E-state index in [2.05, 4.69) is 15.2 Å². The average Bonchev–Trinajstić information content (AvgIpc) is 3.26. The van der Waals surface area contributed by atoms with Gasteiger partial charge in [0.2, 0.25) is 0 Å². The van der Waals surface area contributed by atoms with Crippen LogP contribution in [0.5, 0.6) is 0 Å². The second-order valence-corrected chi connectivity index (χ2v) is 7.85. The van der Waals surface area contributed by atoms with Crippen molar-refractivity contribution in [1.29, 1.82) is 0 Å². The highest BCUT2D eigenvalue weighted by Crippen LogP contribution is 2.34. The molecular weight excluding hydrogens is 453 g/mol. The molecule has 0 unspecified atom stereocenters. The maximum absolute atomic E-state index is 13.3. The number of thioether (sulfide) groups is 1. The fourth-order valence-corrected chi connectivity index (χ4v) is 4.05. The zero-order valence-electron chi connectivity index (χ0n) is 17.3. The maximum atomic E-state index is 13.3. The number of halogens is 3. The van der Waals surface area contributed by atoms with Gasteiger partial charge in [-0.05, 0) is 48.0 Å². The van der Waals surface area contributed by atoms with Crippen molar-refractivity contribution in [3.05, 3.63) is 89.7 Å². The van der Waals surface area contributed by atoms with Crippen molar-refractivity contribution in [3.63, 3.8) is 0 Å². The fraction of sp³-hybridized carbons (Fsp3) is 0.130. The summed E-state index contributed by atoms with van der Waals surface area (Å²) in [5, 5.41) is 8.87. The van der Waals surface area contributed by atoms with Crippen molar-refractivity contribution in [1.82, 2.24) is 19.7 Å². The Morgan fingerprint density at radius 2 is 1.79 bits per heavy atom. The van der Waals surface area contributed by atoms with E-state index in [0.29, 0.717) is 27.9 Å². The molecule has 6 nitrogen and oxygen atoms in total. The average molecular weight is 470 g/mol. The third-order valence-corrected chi connectivity index (χ3v) is 5.72. The quantitative estimate of drug-likeness (QED) is 0.277. The van der Waals surface area contributed by atoms with E-state index in [0.717, 1.165) is 17.7 Å². The monoisotopic (exact) mass is 470 g/mol. The van der Waals surface area contributed by atoms with Crippen molar-refractivity contribution >= 4 is 17.7 Å². The number of rotatable bonds is 6. The summed E-state index contributed by atoms with van der Waals surface area (Å²) in [6.45, 7) is 0. The molecule has 0 aliphatic rings. The first kappa shape index (κ1) is 22.5. The van der Waals surface area contributed by atoms with Gasteiger partial charge in [0, 0.05) is 23.7 Å². The number of benzene rings is 2. The first-order chi connectivity index (χ1) is 15.9. The molecule has 2 heterocycles. The van der Waals surface area contributed by atoms with Crippen LogP contribution in [0.15, 0.2) is 78.2 Å². The molecule has 33 heavy (non-hydrogen) atoms. The molecule has 4 rings (SSSR count). The summed E-state index contributed by atoms with van der Waals surface area (Å²) in [5.41, 5.74) is 1.41. The number of nitrogens with zero attached hydrogens (tertiary/aromatic N) is 4. The first-order valence-corrected chi connectivity index (χ1v) is 10.7. The van der Waals surface area contributed by atoms with Crippen LogP contribution in [0.25, 0.3) is 17.1 Å². The molecule has 10 heteroatoms. The molecule has 2 aromatic carbocycles. The largest absolute Gasteiger partial charge is 0.465 e. The van der Waals surface area contributed by atoms with Crippen LogP contribution in [0.1, 0.15) is 21.5 Å². The highest BCUT2D eigenvalue weighted by molar-refractivity contribution is 7.98. The van der Waals surface area contributed by atoms with Crippen LogP contribution in [0.3, 0.4) is 0 Å². The number of ether oxygens (including phenoxy) is 1. The second kappa shape index (κ2) is 9.45. The minimum Gasteiger partial charge on any atom is -0.465 e. The van der Waals surface area contributed by atoms with Crippen molar-refractivity contribution in [2.75, 3.05) is 7.11 Å². The molecular formula is C23H17F3N4O2S. The molecule has 4 aromatic rings. The van der Waals surface area contributed by atoms with Crippen molar-refractivity contribution in [2.45, 2.75) is 17.1 Å².